The summed E-state index contributed by atoms with van der Waals surface area (Å²) < 4.78 is 25.3. The maximum absolute atomic E-state index is 14.0. The van der Waals surface area contributed by atoms with E-state index in [-0.39, 0.29) is 24.3 Å². The molecule has 1 atom stereocenters. The highest BCUT2D eigenvalue weighted by molar-refractivity contribution is 8.00. The van der Waals surface area contributed by atoms with E-state index in [1.807, 2.05) is 0 Å². The Morgan fingerprint density at radius 2 is 1.80 bits per heavy atom. The van der Waals surface area contributed by atoms with Crippen molar-refractivity contribution in [3.05, 3.63) is 76.8 Å². The number of aryl methyl sites for hydroxylation is 1. The molecule has 0 aliphatic rings. The molecule has 0 saturated carbocycles. The number of ether oxygens (including phenoxy) is 2. The molecular weight excluding hydrogens is 473 g/mol. The van der Waals surface area contributed by atoms with Crippen molar-refractivity contribution in [2.24, 2.45) is 0 Å². The van der Waals surface area contributed by atoms with Gasteiger partial charge in [0.15, 0.2) is 11.6 Å². The average Bonchev–Trinajstić information content (AvgIpc) is 2.87. The molecule has 4 aromatic rings. The standard InChI is InChI=1S/C25H22FN3O5S/c1-33-17-6-9-21-19(14-17)24(30)29(28-27-21)12-11-23(25(31)32)35-18-7-3-15(4-8-18)16-5-10-22(34-2)20(26)13-16/h3-10,13-14,23H,11-12H2,1-2H3,(H,31,32). The molecule has 35 heavy (non-hydrogen) atoms. The van der Waals surface area contributed by atoms with E-state index in [2.05, 4.69) is 10.3 Å². The number of carboxylic acid groups (broad SMARTS) is 1. The first kappa shape index (κ1) is 24.2. The van der Waals surface area contributed by atoms with E-state index in [0.29, 0.717) is 22.2 Å². The molecule has 0 spiro atoms. The van der Waals surface area contributed by atoms with E-state index >= 15 is 0 Å². The maximum Gasteiger partial charge on any atom is 0.317 e. The summed E-state index contributed by atoms with van der Waals surface area (Å²) in [7, 11) is 2.91. The van der Waals surface area contributed by atoms with Crippen molar-refractivity contribution >= 4 is 28.6 Å². The van der Waals surface area contributed by atoms with Crippen molar-refractivity contribution in [2.75, 3.05) is 14.2 Å². The van der Waals surface area contributed by atoms with Crippen molar-refractivity contribution in [3.8, 4) is 22.6 Å². The van der Waals surface area contributed by atoms with Crippen LogP contribution in [0.3, 0.4) is 0 Å². The third kappa shape index (κ3) is 5.43. The summed E-state index contributed by atoms with van der Waals surface area (Å²) in [6.45, 7) is 0.0894. The average molecular weight is 496 g/mol. The zero-order valence-electron chi connectivity index (χ0n) is 19.0. The molecule has 0 saturated heterocycles. The molecule has 0 bridgehead atoms. The Bertz CT molecular complexity index is 1430. The molecule has 8 nitrogen and oxygen atoms in total. The molecule has 0 fully saturated rings. The van der Waals surface area contributed by atoms with Crippen molar-refractivity contribution < 1.29 is 23.8 Å². The van der Waals surface area contributed by atoms with Crippen molar-refractivity contribution in [3.63, 3.8) is 0 Å². The molecule has 10 heteroatoms. The number of aliphatic carboxylic acids is 1. The van der Waals surface area contributed by atoms with Gasteiger partial charge in [-0.05, 0) is 60.0 Å². The number of carbonyl (C=O) groups is 1. The summed E-state index contributed by atoms with van der Waals surface area (Å²) in [6, 6.07) is 16.8. The summed E-state index contributed by atoms with van der Waals surface area (Å²) in [5.74, 6) is -0.770. The van der Waals surface area contributed by atoms with Crippen LogP contribution in [0.1, 0.15) is 6.42 Å². The number of halogens is 1. The molecule has 0 aliphatic heterocycles. The van der Waals surface area contributed by atoms with E-state index < -0.39 is 17.0 Å². The fraction of sp³-hybridized carbons (Fsp3) is 0.200. The van der Waals surface area contributed by atoms with Gasteiger partial charge in [0.1, 0.15) is 16.5 Å². The number of carboxylic acids is 1. The lowest BCUT2D eigenvalue weighted by molar-refractivity contribution is -0.136. The molecule has 1 heterocycles. The lowest BCUT2D eigenvalue weighted by Gasteiger charge is -2.13. The first-order chi connectivity index (χ1) is 16.9. The minimum atomic E-state index is -1.00. The van der Waals surface area contributed by atoms with Crippen LogP contribution in [0.5, 0.6) is 11.5 Å². The smallest absolute Gasteiger partial charge is 0.317 e. The summed E-state index contributed by atoms with van der Waals surface area (Å²) in [5.41, 5.74) is 1.55. The van der Waals surface area contributed by atoms with Crippen LogP contribution in [0.15, 0.2) is 70.4 Å². The van der Waals surface area contributed by atoms with Gasteiger partial charge in [0, 0.05) is 11.4 Å². The number of methoxy groups -OCH3 is 2. The highest BCUT2D eigenvalue weighted by atomic mass is 32.2. The molecule has 1 aromatic heterocycles. The van der Waals surface area contributed by atoms with Gasteiger partial charge in [-0.15, -0.1) is 16.9 Å². The lowest BCUT2D eigenvalue weighted by Crippen LogP contribution is -2.27. The van der Waals surface area contributed by atoms with Crippen LogP contribution in [-0.4, -0.2) is 45.5 Å². The zero-order chi connectivity index (χ0) is 24.9. The molecule has 4 rings (SSSR count). The number of fused-ring (bicyclic) bond motifs is 1. The normalized spacial score (nSPS) is 11.9. The van der Waals surface area contributed by atoms with Gasteiger partial charge in [0.2, 0.25) is 0 Å². The van der Waals surface area contributed by atoms with Gasteiger partial charge >= 0.3 is 5.97 Å². The van der Waals surface area contributed by atoms with Crippen LogP contribution in [0.2, 0.25) is 0 Å². The predicted octanol–water partition coefficient (Wildman–Crippen LogP) is 4.25. The minimum absolute atomic E-state index is 0.0894. The van der Waals surface area contributed by atoms with Crippen LogP contribution in [0.25, 0.3) is 22.0 Å². The second-order valence-corrected chi connectivity index (χ2v) is 8.88. The topological polar surface area (TPSA) is 104 Å². The molecule has 3 aromatic carbocycles. The fourth-order valence-electron chi connectivity index (χ4n) is 3.54. The second-order valence-electron chi connectivity index (χ2n) is 7.61. The largest absolute Gasteiger partial charge is 0.497 e. The first-order valence-corrected chi connectivity index (χ1v) is 11.5. The number of nitrogens with zero attached hydrogens (tertiary/aromatic N) is 3. The fourth-order valence-corrected chi connectivity index (χ4v) is 4.48. The molecule has 0 amide bonds. The van der Waals surface area contributed by atoms with Crippen molar-refractivity contribution in [1.82, 2.24) is 15.0 Å². The summed E-state index contributed by atoms with van der Waals surface area (Å²) in [4.78, 5) is 25.4. The Kier molecular flexibility index (Phi) is 7.31. The molecule has 180 valence electrons. The maximum atomic E-state index is 14.0. The predicted molar refractivity (Wildman–Crippen MR) is 131 cm³/mol. The van der Waals surface area contributed by atoms with Crippen LogP contribution in [0.4, 0.5) is 4.39 Å². The van der Waals surface area contributed by atoms with Gasteiger partial charge in [-0.3, -0.25) is 9.59 Å². The highest BCUT2D eigenvalue weighted by Gasteiger charge is 2.20. The van der Waals surface area contributed by atoms with Gasteiger partial charge < -0.3 is 14.6 Å². The van der Waals surface area contributed by atoms with Gasteiger partial charge in [0.05, 0.1) is 19.6 Å². The van der Waals surface area contributed by atoms with Gasteiger partial charge in [-0.25, -0.2) is 9.07 Å². The van der Waals surface area contributed by atoms with Crippen LogP contribution in [-0.2, 0) is 11.3 Å². The van der Waals surface area contributed by atoms with Gasteiger partial charge in [-0.1, -0.05) is 23.4 Å². The van der Waals surface area contributed by atoms with E-state index in [9.17, 15) is 19.1 Å². The summed E-state index contributed by atoms with van der Waals surface area (Å²) in [6.07, 6.45) is 0.162. The monoisotopic (exact) mass is 495 g/mol. The minimum Gasteiger partial charge on any atom is -0.497 e. The van der Waals surface area contributed by atoms with Crippen LogP contribution < -0.4 is 15.0 Å². The van der Waals surface area contributed by atoms with Crippen molar-refractivity contribution in [2.45, 2.75) is 23.1 Å². The van der Waals surface area contributed by atoms with Crippen molar-refractivity contribution in [1.29, 1.82) is 0 Å². The van der Waals surface area contributed by atoms with Crippen LogP contribution in [0, 0.1) is 5.82 Å². The Hall–Kier alpha value is -3.92. The summed E-state index contributed by atoms with van der Waals surface area (Å²) >= 11 is 1.17. The first-order valence-electron chi connectivity index (χ1n) is 10.6. The number of thioether (sulfide) groups is 1. The summed E-state index contributed by atoms with van der Waals surface area (Å²) in [5, 5.41) is 17.2. The molecule has 1 N–H and O–H groups in total. The van der Waals surface area contributed by atoms with E-state index in [0.717, 1.165) is 10.5 Å². The molecule has 1 unspecified atom stereocenters. The van der Waals surface area contributed by atoms with E-state index in [4.69, 9.17) is 9.47 Å². The molecule has 0 radical (unpaired) electrons. The van der Waals surface area contributed by atoms with E-state index in [1.165, 1.54) is 36.7 Å². The third-order valence-corrected chi connectivity index (χ3v) is 6.69. The Morgan fingerprint density at radius 1 is 1.06 bits per heavy atom. The Morgan fingerprint density at radius 3 is 2.46 bits per heavy atom. The highest BCUT2D eigenvalue weighted by Crippen LogP contribution is 2.30. The quantitative estimate of drug-likeness (QED) is 0.344. The number of hydrogen-bond acceptors (Lipinski definition) is 7. The Labute approximate surface area is 204 Å². The lowest BCUT2D eigenvalue weighted by atomic mass is 10.1. The number of benzene rings is 3. The van der Waals surface area contributed by atoms with Crippen LogP contribution >= 0.6 is 11.8 Å². The van der Waals surface area contributed by atoms with Gasteiger partial charge in [-0.2, -0.15) is 0 Å². The second kappa shape index (κ2) is 10.6. The zero-order valence-corrected chi connectivity index (χ0v) is 19.8. The SMILES string of the molecule is COc1ccc2nnn(CCC(Sc3ccc(-c4ccc(OC)c(F)c4)cc3)C(=O)O)c(=O)c2c1. The van der Waals surface area contributed by atoms with E-state index in [1.54, 1.807) is 54.6 Å². The number of hydrogen-bond donors (Lipinski definition) is 1. The molecule has 0 aliphatic carbocycles. The van der Waals surface area contributed by atoms with Gasteiger partial charge in [0.25, 0.3) is 5.56 Å². The molecular formula is C25H22FN3O5S. The third-order valence-electron chi connectivity index (χ3n) is 5.43. The number of aromatic nitrogens is 3. The number of rotatable bonds is 9. The Balaban J connectivity index is 1.47.